The molecule has 5 nitrogen and oxygen atoms in total. The normalized spacial score (nSPS) is 15.9. The minimum Gasteiger partial charge on any atom is -0.361 e. The fourth-order valence-corrected chi connectivity index (χ4v) is 6.05. The third-order valence-corrected chi connectivity index (χ3v) is 8.55. The van der Waals surface area contributed by atoms with Crippen molar-refractivity contribution in [3.63, 3.8) is 0 Å². The quantitative estimate of drug-likeness (QED) is 0.142. The molecule has 0 amide bonds. The van der Waals surface area contributed by atoms with Gasteiger partial charge in [0.25, 0.3) is 0 Å². The number of aromatic nitrogens is 4. The molecule has 7 heteroatoms. The topological polar surface area (TPSA) is 66.5 Å². The summed E-state index contributed by atoms with van der Waals surface area (Å²) in [5.74, 6) is 1.88. The van der Waals surface area contributed by atoms with Gasteiger partial charge in [-0.15, -0.1) is 0 Å². The Labute approximate surface area is 284 Å². The van der Waals surface area contributed by atoms with Crippen molar-refractivity contribution in [2.75, 3.05) is 5.32 Å². The predicted molar refractivity (Wildman–Crippen MR) is 205 cm³/mol. The lowest BCUT2D eigenvalue weighted by Gasteiger charge is -2.11. The zero-order valence-corrected chi connectivity index (χ0v) is 27.4. The van der Waals surface area contributed by atoms with Crippen molar-refractivity contribution in [2.45, 2.75) is 6.92 Å². The summed E-state index contributed by atoms with van der Waals surface area (Å²) in [5.41, 5.74) is 7.86. The maximum Gasteiger partial charge on any atom is 0.163 e. The first kappa shape index (κ1) is 30.3. The van der Waals surface area contributed by atoms with Crippen LogP contribution in [0.2, 0.25) is 0 Å². The highest BCUT2D eigenvalue weighted by Crippen LogP contribution is 2.31. The Bertz CT molecular complexity index is 2420. The SMILES string of the molecule is Cc1nc(C2=C/C=C\c3c/c(=C\S)cc4c(c/c(=C\S)cc3-c3ccccc3N\C=C\2)[nH]c2ccccc24)nc(-c2ccccc2)n1. The number of fused-ring (bicyclic) bond motifs is 6. The van der Waals surface area contributed by atoms with Crippen LogP contribution in [-0.4, -0.2) is 19.9 Å². The van der Waals surface area contributed by atoms with Crippen LogP contribution in [-0.2, 0) is 0 Å². The zero-order valence-electron chi connectivity index (χ0n) is 25.6. The van der Waals surface area contributed by atoms with Gasteiger partial charge in [-0.25, -0.2) is 15.0 Å². The summed E-state index contributed by atoms with van der Waals surface area (Å²) < 4.78 is 0. The molecule has 2 aromatic heterocycles. The van der Waals surface area contributed by atoms with Gasteiger partial charge in [0.15, 0.2) is 11.6 Å². The molecule has 228 valence electrons. The van der Waals surface area contributed by atoms with Crippen LogP contribution in [0.4, 0.5) is 5.69 Å². The number of hydrogen-bond donors (Lipinski definition) is 4. The van der Waals surface area contributed by atoms with Crippen LogP contribution in [0.25, 0.3) is 66.8 Å². The molecule has 1 aliphatic heterocycles. The molecule has 0 atom stereocenters. The Morgan fingerprint density at radius 3 is 2.23 bits per heavy atom. The fraction of sp³-hybridized carbons (Fsp3) is 0.0250. The average molecular weight is 646 g/mol. The van der Waals surface area contributed by atoms with Crippen molar-refractivity contribution in [3.05, 3.63) is 155 Å². The first-order valence-corrected chi connectivity index (χ1v) is 16.2. The van der Waals surface area contributed by atoms with E-state index < -0.39 is 0 Å². The second kappa shape index (κ2) is 13.5. The van der Waals surface area contributed by atoms with E-state index in [-0.39, 0.29) is 0 Å². The van der Waals surface area contributed by atoms with Crippen LogP contribution in [0.5, 0.6) is 0 Å². The number of aryl methyl sites for hydroxylation is 1. The van der Waals surface area contributed by atoms with Gasteiger partial charge in [-0.1, -0.05) is 85.0 Å². The first-order chi connectivity index (χ1) is 23.1. The van der Waals surface area contributed by atoms with Crippen LogP contribution < -0.4 is 15.8 Å². The van der Waals surface area contributed by atoms with E-state index in [0.717, 1.165) is 65.8 Å². The van der Waals surface area contributed by atoms with E-state index in [1.165, 1.54) is 0 Å². The summed E-state index contributed by atoms with van der Waals surface area (Å²) in [6, 6.07) is 35.2. The van der Waals surface area contributed by atoms with Crippen molar-refractivity contribution < 1.29 is 0 Å². The molecule has 0 saturated heterocycles. The lowest BCUT2D eigenvalue weighted by molar-refractivity contribution is 0.962. The molecule has 0 bridgehead atoms. The summed E-state index contributed by atoms with van der Waals surface area (Å²) in [6.07, 6.45) is 10.1. The van der Waals surface area contributed by atoms with Crippen molar-refractivity contribution >= 4 is 75.2 Å². The summed E-state index contributed by atoms with van der Waals surface area (Å²) in [7, 11) is 0. The highest BCUT2D eigenvalue weighted by molar-refractivity contribution is 7.88. The van der Waals surface area contributed by atoms with E-state index in [0.29, 0.717) is 17.5 Å². The van der Waals surface area contributed by atoms with Gasteiger partial charge in [-0.2, -0.15) is 25.3 Å². The van der Waals surface area contributed by atoms with Crippen molar-refractivity contribution in [1.82, 2.24) is 19.9 Å². The fourth-order valence-electron chi connectivity index (χ4n) is 5.75. The molecule has 0 saturated carbocycles. The second-order valence-corrected chi connectivity index (χ2v) is 11.6. The number of allylic oxidation sites excluding steroid dienone is 4. The molecule has 4 aromatic carbocycles. The van der Waals surface area contributed by atoms with Gasteiger partial charge in [0.05, 0.1) is 0 Å². The molecule has 2 N–H and O–H groups in total. The summed E-state index contributed by atoms with van der Waals surface area (Å²) >= 11 is 9.30. The van der Waals surface area contributed by atoms with E-state index in [4.69, 9.17) is 9.97 Å². The molecule has 6 aromatic rings. The summed E-state index contributed by atoms with van der Waals surface area (Å²) in [4.78, 5) is 17.8. The summed E-state index contributed by atoms with van der Waals surface area (Å²) in [5, 5.41) is 11.4. The monoisotopic (exact) mass is 645 g/mol. The van der Waals surface area contributed by atoms with Crippen LogP contribution in [0.3, 0.4) is 0 Å². The Hall–Kier alpha value is -5.37. The molecule has 7 rings (SSSR count). The van der Waals surface area contributed by atoms with Crippen molar-refractivity contribution in [3.8, 4) is 22.5 Å². The zero-order chi connectivity index (χ0) is 32.2. The molecule has 0 fully saturated rings. The predicted octanol–water partition coefficient (Wildman–Crippen LogP) is 8.64. The minimum atomic E-state index is 0.591. The molecule has 0 unspecified atom stereocenters. The maximum atomic E-state index is 4.86. The number of anilines is 1. The van der Waals surface area contributed by atoms with Gasteiger partial charge in [0.2, 0.25) is 0 Å². The van der Waals surface area contributed by atoms with E-state index in [9.17, 15) is 0 Å². The molecule has 0 spiro atoms. The Kier molecular flexibility index (Phi) is 8.73. The van der Waals surface area contributed by atoms with Gasteiger partial charge in [-0.3, -0.25) is 0 Å². The van der Waals surface area contributed by atoms with Crippen LogP contribution in [0.15, 0.2) is 128 Å². The summed E-state index contributed by atoms with van der Waals surface area (Å²) in [6.45, 7) is 1.89. The largest absolute Gasteiger partial charge is 0.361 e. The van der Waals surface area contributed by atoms with Crippen molar-refractivity contribution in [2.24, 2.45) is 0 Å². The number of para-hydroxylation sites is 2. The standard InChI is InChI=1S/C40H31N5S2/c1-26-42-39(29-10-3-2-4-11-29)45-40(43-26)30-12-9-13-31-20-27(24-46)22-35-33-15-6-8-17-37(33)44-38(35)23-28(25-47)21-34(31)32-14-5-7-16-36(32)41-19-18-30/h2-25,41,44,46-47H,1H3/b13-9-,19-18+,27-24+,28-25-,30-12+,31-20?,34-21?,35-22?,38-23?. The van der Waals surface area contributed by atoms with Gasteiger partial charge in [0.1, 0.15) is 5.82 Å². The average Bonchev–Trinajstić information content (AvgIpc) is 3.43. The number of benzene rings is 3. The maximum absolute atomic E-state index is 4.86. The number of thiol groups is 2. The Morgan fingerprint density at radius 2 is 1.38 bits per heavy atom. The molecule has 47 heavy (non-hydrogen) atoms. The molecular weight excluding hydrogens is 615 g/mol. The van der Waals surface area contributed by atoms with Gasteiger partial charge in [-0.05, 0) is 81.8 Å². The van der Waals surface area contributed by atoms with E-state index in [1.54, 1.807) is 0 Å². The van der Waals surface area contributed by atoms with Crippen molar-refractivity contribution in [1.29, 1.82) is 0 Å². The second-order valence-electron chi connectivity index (χ2n) is 11.1. The number of nitrogens with zero attached hydrogens (tertiary/aromatic N) is 3. The third kappa shape index (κ3) is 6.49. The Morgan fingerprint density at radius 1 is 0.638 bits per heavy atom. The third-order valence-electron chi connectivity index (χ3n) is 7.95. The number of hydrogen-bond acceptors (Lipinski definition) is 6. The van der Waals surface area contributed by atoms with Crippen LogP contribution in [0.1, 0.15) is 17.2 Å². The molecule has 1 aliphatic rings. The molecule has 0 radical (unpaired) electrons. The number of rotatable bonds is 2. The lowest BCUT2D eigenvalue weighted by Crippen LogP contribution is -2.02. The van der Waals surface area contributed by atoms with E-state index in [2.05, 4.69) is 107 Å². The molecular formula is C40H31N5S2. The first-order valence-electron chi connectivity index (χ1n) is 15.2. The molecule has 3 heterocycles. The van der Waals surface area contributed by atoms with Crippen LogP contribution in [0, 0.1) is 6.92 Å². The highest BCUT2D eigenvalue weighted by atomic mass is 32.1. The van der Waals surface area contributed by atoms with Gasteiger partial charge >= 0.3 is 0 Å². The highest BCUT2D eigenvalue weighted by Gasteiger charge is 2.11. The molecule has 0 aliphatic carbocycles. The van der Waals surface area contributed by atoms with E-state index in [1.807, 2.05) is 84.6 Å². The number of H-pyrrole nitrogens is 1. The van der Waals surface area contributed by atoms with Gasteiger partial charge in [0, 0.05) is 50.4 Å². The minimum absolute atomic E-state index is 0.591. The van der Waals surface area contributed by atoms with Crippen LogP contribution >= 0.6 is 25.3 Å². The smallest absolute Gasteiger partial charge is 0.163 e. The lowest BCUT2D eigenvalue weighted by atomic mass is 9.98. The van der Waals surface area contributed by atoms with Gasteiger partial charge < -0.3 is 10.3 Å². The number of aromatic amines is 1. The Balaban J connectivity index is 1.50. The number of nitrogens with one attached hydrogen (secondary N) is 2. The van der Waals surface area contributed by atoms with E-state index >= 15 is 0 Å².